The van der Waals surface area contributed by atoms with Crippen molar-refractivity contribution in [2.24, 2.45) is 0 Å². The van der Waals surface area contributed by atoms with Crippen LogP contribution in [0.15, 0.2) is 54.6 Å². The second-order valence-electron chi connectivity index (χ2n) is 6.36. The van der Waals surface area contributed by atoms with Gasteiger partial charge in [0, 0.05) is 30.9 Å². The van der Waals surface area contributed by atoms with Gasteiger partial charge in [0.25, 0.3) is 11.4 Å². The first-order chi connectivity index (χ1) is 13.5. The molecule has 28 heavy (non-hydrogen) atoms. The van der Waals surface area contributed by atoms with E-state index >= 15 is 0 Å². The number of anilines is 1. The van der Waals surface area contributed by atoms with E-state index in [4.69, 9.17) is 0 Å². The lowest BCUT2D eigenvalue weighted by Gasteiger charge is -2.18. The lowest BCUT2D eigenvalue weighted by atomic mass is 10.1. The van der Waals surface area contributed by atoms with Crippen LogP contribution in [-0.4, -0.2) is 33.6 Å². The number of aromatic nitrogens is 2. The minimum atomic E-state index is -0.640. The number of nitro groups is 2. The van der Waals surface area contributed by atoms with Crippen molar-refractivity contribution in [1.82, 2.24) is 10.2 Å². The Bertz CT molecular complexity index is 987. The molecule has 9 heteroatoms. The van der Waals surface area contributed by atoms with Crippen molar-refractivity contribution in [3.8, 4) is 11.3 Å². The zero-order chi connectivity index (χ0) is 20.1. The Hall–Kier alpha value is -3.75. The normalized spacial score (nSPS) is 10.6. The maximum atomic E-state index is 11.3. The first kappa shape index (κ1) is 19.0. The van der Waals surface area contributed by atoms with Gasteiger partial charge < -0.3 is 4.90 Å². The van der Waals surface area contributed by atoms with E-state index in [1.165, 1.54) is 12.1 Å². The quantitative estimate of drug-likeness (QED) is 0.466. The van der Waals surface area contributed by atoms with Gasteiger partial charge in [-0.3, -0.25) is 25.3 Å². The largest absolute Gasteiger partial charge is 0.369 e. The van der Waals surface area contributed by atoms with Crippen molar-refractivity contribution in [2.75, 3.05) is 18.5 Å². The first-order valence-corrected chi connectivity index (χ1v) is 8.69. The molecule has 144 valence electrons. The van der Waals surface area contributed by atoms with Gasteiger partial charge in [0.15, 0.2) is 0 Å². The molecule has 1 N–H and O–H groups in total. The third kappa shape index (κ3) is 4.32. The van der Waals surface area contributed by atoms with Gasteiger partial charge in [0.05, 0.1) is 21.6 Å². The molecule has 0 unspecified atom stereocenters. The molecule has 0 saturated carbocycles. The molecule has 0 aliphatic carbocycles. The summed E-state index contributed by atoms with van der Waals surface area (Å²) < 4.78 is 0. The number of hydrogen-bond acceptors (Lipinski definition) is 6. The van der Waals surface area contributed by atoms with Crippen LogP contribution in [0.4, 0.5) is 17.1 Å². The average Bonchev–Trinajstić information content (AvgIpc) is 3.17. The van der Waals surface area contributed by atoms with Gasteiger partial charge in [-0.2, -0.15) is 5.10 Å². The van der Waals surface area contributed by atoms with Gasteiger partial charge in [-0.1, -0.05) is 30.3 Å². The summed E-state index contributed by atoms with van der Waals surface area (Å²) in [5, 5.41) is 29.5. The number of nitrogens with zero attached hydrogens (tertiary/aromatic N) is 4. The molecule has 0 bridgehead atoms. The van der Waals surface area contributed by atoms with E-state index < -0.39 is 9.85 Å². The second-order valence-corrected chi connectivity index (χ2v) is 6.36. The zero-order valence-electron chi connectivity index (χ0n) is 15.2. The molecular formula is C19H19N5O4. The molecule has 0 saturated heterocycles. The van der Waals surface area contributed by atoms with Gasteiger partial charge in [-0.05, 0) is 25.0 Å². The van der Waals surface area contributed by atoms with E-state index in [1.807, 2.05) is 36.4 Å². The standard InChI is InChI=1S/C19H19N5O4/c1-22(18-10-9-16(23(25)26)13-19(18)24(27)28)11-5-8-15-12-17(21-20-15)14-6-3-2-4-7-14/h2-4,6-7,9-10,12-13H,5,8,11H2,1H3,(H,20,21). The summed E-state index contributed by atoms with van der Waals surface area (Å²) in [6.07, 6.45) is 1.46. The third-order valence-electron chi connectivity index (χ3n) is 4.42. The number of non-ortho nitro benzene ring substituents is 1. The Balaban J connectivity index is 1.63. The zero-order valence-corrected chi connectivity index (χ0v) is 15.2. The molecule has 3 rings (SSSR count). The number of benzene rings is 2. The molecular weight excluding hydrogens is 362 g/mol. The molecule has 3 aromatic rings. The van der Waals surface area contributed by atoms with Gasteiger partial charge in [-0.25, -0.2) is 0 Å². The van der Waals surface area contributed by atoms with Crippen LogP contribution in [-0.2, 0) is 6.42 Å². The lowest BCUT2D eigenvalue weighted by Crippen LogP contribution is -2.20. The number of aryl methyl sites for hydroxylation is 1. The van der Waals surface area contributed by atoms with Crippen molar-refractivity contribution in [3.05, 3.63) is 80.5 Å². The summed E-state index contributed by atoms with van der Waals surface area (Å²) in [4.78, 5) is 22.6. The highest BCUT2D eigenvalue weighted by molar-refractivity contribution is 5.66. The van der Waals surface area contributed by atoms with E-state index in [0.717, 1.165) is 35.9 Å². The summed E-state index contributed by atoms with van der Waals surface area (Å²) in [6, 6.07) is 15.5. The number of nitrogens with one attached hydrogen (secondary N) is 1. The van der Waals surface area contributed by atoms with Gasteiger partial charge in [-0.15, -0.1) is 0 Å². The molecule has 0 spiro atoms. The highest BCUT2D eigenvalue weighted by atomic mass is 16.6. The average molecular weight is 381 g/mol. The van der Waals surface area contributed by atoms with Crippen molar-refractivity contribution in [1.29, 1.82) is 0 Å². The Morgan fingerprint density at radius 2 is 1.79 bits per heavy atom. The minimum absolute atomic E-state index is 0.274. The summed E-state index contributed by atoms with van der Waals surface area (Å²) >= 11 is 0. The van der Waals surface area contributed by atoms with Crippen LogP contribution in [0.3, 0.4) is 0 Å². The Kier molecular flexibility index (Phi) is 5.64. The first-order valence-electron chi connectivity index (χ1n) is 8.69. The van der Waals surface area contributed by atoms with Crippen LogP contribution < -0.4 is 4.90 Å². The van der Waals surface area contributed by atoms with Crippen molar-refractivity contribution >= 4 is 17.1 Å². The van der Waals surface area contributed by atoms with Crippen molar-refractivity contribution < 1.29 is 9.85 Å². The van der Waals surface area contributed by atoms with Crippen molar-refractivity contribution in [3.63, 3.8) is 0 Å². The molecule has 1 aromatic heterocycles. The molecule has 0 atom stereocenters. The predicted octanol–water partition coefficient (Wildman–Crippen LogP) is 3.96. The molecule has 0 aliphatic heterocycles. The van der Waals surface area contributed by atoms with E-state index in [-0.39, 0.29) is 11.4 Å². The van der Waals surface area contributed by atoms with Crippen LogP contribution in [0.2, 0.25) is 0 Å². The second kappa shape index (κ2) is 8.30. The van der Waals surface area contributed by atoms with Crippen molar-refractivity contribution in [2.45, 2.75) is 12.8 Å². The number of nitro benzene ring substituents is 2. The van der Waals surface area contributed by atoms with E-state index in [2.05, 4.69) is 10.2 Å². The van der Waals surface area contributed by atoms with E-state index in [9.17, 15) is 20.2 Å². The maximum Gasteiger partial charge on any atom is 0.299 e. The fourth-order valence-electron chi connectivity index (χ4n) is 2.97. The van der Waals surface area contributed by atoms with Crippen LogP contribution in [0.25, 0.3) is 11.3 Å². The number of hydrogen-bond donors (Lipinski definition) is 1. The smallest absolute Gasteiger partial charge is 0.299 e. The number of rotatable bonds is 8. The summed E-state index contributed by atoms with van der Waals surface area (Å²) in [7, 11) is 1.73. The highest BCUT2D eigenvalue weighted by Crippen LogP contribution is 2.31. The monoisotopic (exact) mass is 381 g/mol. The van der Waals surface area contributed by atoms with Crippen LogP contribution in [0.5, 0.6) is 0 Å². The minimum Gasteiger partial charge on any atom is -0.369 e. The molecule has 2 aromatic carbocycles. The summed E-state index contributed by atoms with van der Waals surface area (Å²) in [6.45, 7) is 0.554. The van der Waals surface area contributed by atoms with E-state index in [0.29, 0.717) is 12.2 Å². The maximum absolute atomic E-state index is 11.3. The molecule has 0 aliphatic rings. The third-order valence-corrected chi connectivity index (χ3v) is 4.42. The predicted molar refractivity (Wildman–Crippen MR) is 105 cm³/mol. The molecule has 1 heterocycles. The molecule has 9 nitrogen and oxygen atoms in total. The van der Waals surface area contributed by atoms with Gasteiger partial charge in [0.1, 0.15) is 5.69 Å². The van der Waals surface area contributed by atoms with Crippen LogP contribution in [0.1, 0.15) is 12.1 Å². The van der Waals surface area contributed by atoms with Crippen LogP contribution >= 0.6 is 0 Å². The fourth-order valence-corrected chi connectivity index (χ4v) is 2.97. The molecule has 0 radical (unpaired) electrons. The number of aromatic amines is 1. The SMILES string of the molecule is CN(CCCc1cc(-c2ccccc2)n[nH]1)c1ccc([N+](=O)[O-])cc1[N+](=O)[O-]. The number of H-pyrrole nitrogens is 1. The molecule has 0 amide bonds. The van der Waals surface area contributed by atoms with Gasteiger partial charge in [0.2, 0.25) is 0 Å². The Labute approximate surface area is 160 Å². The fraction of sp³-hybridized carbons (Fsp3) is 0.211. The summed E-state index contributed by atoms with van der Waals surface area (Å²) in [5.41, 5.74) is 2.66. The Morgan fingerprint density at radius 1 is 1.04 bits per heavy atom. The highest BCUT2D eigenvalue weighted by Gasteiger charge is 2.21. The van der Waals surface area contributed by atoms with E-state index in [1.54, 1.807) is 11.9 Å². The van der Waals surface area contributed by atoms with Gasteiger partial charge >= 0.3 is 0 Å². The summed E-state index contributed by atoms with van der Waals surface area (Å²) in [5.74, 6) is 0. The Morgan fingerprint density at radius 3 is 2.46 bits per heavy atom. The topological polar surface area (TPSA) is 118 Å². The molecule has 0 fully saturated rings. The lowest BCUT2D eigenvalue weighted by molar-refractivity contribution is -0.393. The van der Waals surface area contributed by atoms with Crippen LogP contribution in [0, 0.1) is 20.2 Å².